The maximum Gasteiger partial charge on any atom is 0.321 e. The number of amides is 3. The Hall–Kier alpha value is -2.22. The Labute approximate surface area is 138 Å². The highest BCUT2D eigenvalue weighted by atomic mass is 19.1. The zero-order valence-electron chi connectivity index (χ0n) is 13.1. The molecule has 4 N–H and O–H groups in total. The van der Waals surface area contributed by atoms with E-state index in [-0.39, 0.29) is 24.1 Å². The average Bonchev–Trinajstić information content (AvgIpc) is 2.96. The summed E-state index contributed by atoms with van der Waals surface area (Å²) < 4.78 is 28.2. The molecule has 1 saturated heterocycles. The highest BCUT2D eigenvalue weighted by Gasteiger charge is 2.44. The summed E-state index contributed by atoms with van der Waals surface area (Å²) in [7, 11) is 0. The average molecular weight is 338 g/mol. The van der Waals surface area contributed by atoms with Gasteiger partial charge in [-0.25, -0.2) is 13.6 Å². The lowest BCUT2D eigenvalue weighted by Gasteiger charge is -2.40. The van der Waals surface area contributed by atoms with Gasteiger partial charge in [-0.3, -0.25) is 9.69 Å². The Balaban J connectivity index is 1.67. The molecular formula is C16H20F2N4O2. The third-order valence-corrected chi connectivity index (χ3v) is 4.57. The van der Waals surface area contributed by atoms with Gasteiger partial charge in [-0.15, -0.1) is 0 Å². The SMILES string of the molecule is NCC1CC(F)(CNC(=O)c2cc(N3CCNC3=O)ccc2F)C1. The van der Waals surface area contributed by atoms with Crippen LogP contribution in [0.3, 0.4) is 0 Å². The molecule has 0 atom stereocenters. The van der Waals surface area contributed by atoms with Crippen LogP contribution < -0.4 is 21.3 Å². The van der Waals surface area contributed by atoms with Crippen molar-refractivity contribution >= 4 is 17.6 Å². The lowest BCUT2D eigenvalue weighted by atomic mass is 9.72. The number of anilines is 1. The largest absolute Gasteiger partial charge is 0.349 e. The summed E-state index contributed by atoms with van der Waals surface area (Å²) in [5.41, 5.74) is 4.22. The molecule has 1 aromatic rings. The molecule has 3 amide bonds. The number of hydrogen-bond donors (Lipinski definition) is 3. The summed E-state index contributed by atoms with van der Waals surface area (Å²) in [6, 6.07) is 3.59. The molecule has 1 saturated carbocycles. The molecular weight excluding hydrogens is 318 g/mol. The van der Waals surface area contributed by atoms with E-state index < -0.39 is 17.4 Å². The third kappa shape index (κ3) is 3.19. The summed E-state index contributed by atoms with van der Waals surface area (Å²) in [5.74, 6) is -1.26. The first-order valence-electron chi connectivity index (χ1n) is 7.94. The monoisotopic (exact) mass is 338 g/mol. The highest BCUT2D eigenvalue weighted by Crippen LogP contribution is 2.40. The molecule has 0 unspecified atom stereocenters. The standard InChI is InChI=1S/C16H20F2N4O2/c17-13-2-1-11(22-4-3-20-15(22)24)5-12(13)14(23)21-9-16(18)6-10(7-16)8-19/h1-2,5,10H,3-4,6-9,19H2,(H,20,24)(H,21,23). The predicted octanol–water partition coefficient (Wildman–Crippen LogP) is 1.16. The molecule has 1 heterocycles. The molecule has 8 heteroatoms. The van der Waals surface area contributed by atoms with Crippen LogP contribution in [0.2, 0.25) is 0 Å². The van der Waals surface area contributed by atoms with Gasteiger partial charge >= 0.3 is 6.03 Å². The van der Waals surface area contributed by atoms with Crippen molar-refractivity contribution < 1.29 is 18.4 Å². The van der Waals surface area contributed by atoms with E-state index in [4.69, 9.17) is 5.73 Å². The molecule has 0 bridgehead atoms. The van der Waals surface area contributed by atoms with Crippen molar-refractivity contribution in [3.05, 3.63) is 29.6 Å². The topological polar surface area (TPSA) is 87.5 Å². The number of halogens is 2. The summed E-state index contributed by atoms with van der Waals surface area (Å²) in [6.07, 6.45) is 0.612. The number of nitrogens with zero attached hydrogens (tertiary/aromatic N) is 1. The van der Waals surface area contributed by atoms with Crippen LogP contribution >= 0.6 is 0 Å². The second-order valence-electron chi connectivity index (χ2n) is 6.39. The smallest absolute Gasteiger partial charge is 0.321 e. The summed E-state index contributed by atoms with van der Waals surface area (Å²) >= 11 is 0. The van der Waals surface area contributed by atoms with Crippen molar-refractivity contribution in [2.24, 2.45) is 11.7 Å². The van der Waals surface area contributed by atoms with Crippen LogP contribution in [-0.4, -0.2) is 43.8 Å². The van der Waals surface area contributed by atoms with E-state index in [2.05, 4.69) is 10.6 Å². The van der Waals surface area contributed by atoms with Gasteiger partial charge in [0.2, 0.25) is 0 Å². The van der Waals surface area contributed by atoms with Gasteiger partial charge in [0, 0.05) is 18.8 Å². The fourth-order valence-electron chi connectivity index (χ4n) is 3.19. The van der Waals surface area contributed by atoms with E-state index in [1.165, 1.54) is 17.0 Å². The molecule has 24 heavy (non-hydrogen) atoms. The zero-order valence-corrected chi connectivity index (χ0v) is 13.1. The van der Waals surface area contributed by atoms with Crippen molar-refractivity contribution in [3.8, 4) is 0 Å². The van der Waals surface area contributed by atoms with E-state index in [1.54, 1.807) is 0 Å². The second-order valence-corrected chi connectivity index (χ2v) is 6.39. The first-order valence-corrected chi connectivity index (χ1v) is 7.94. The molecule has 6 nitrogen and oxygen atoms in total. The van der Waals surface area contributed by atoms with E-state index >= 15 is 0 Å². The molecule has 2 fully saturated rings. The van der Waals surface area contributed by atoms with Crippen molar-refractivity contribution in [2.75, 3.05) is 31.1 Å². The number of carbonyl (C=O) groups is 2. The third-order valence-electron chi connectivity index (χ3n) is 4.57. The van der Waals surface area contributed by atoms with Crippen LogP contribution in [0.1, 0.15) is 23.2 Å². The van der Waals surface area contributed by atoms with Gasteiger partial charge in [0.25, 0.3) is 5.91 Å². The van der Waals surface area contributed by atoms with Gasteiger partial charge in [-0.2, -0.15) is 0 Å². The Morgan fingerprint density at radius 2 is 2.21 bits per heavy atom. The lowest BCUT2D eigenvalue weighted by Crippen LogP contribution is -2.50. The Bertz CT molecular complexity index is 661. The zero-order chi connectivity index (χ0) is 17.3. The quantitative estimate of drug-likeness (QED) is 0.753. The summed E-state index contributed by atoms with van der Waals surface area (Å²) in [6.45, 7) is 1.19. The van der Waals surface area contributed by atoms with Crippen molar-refractivity contribution in [2.45, 2.75) is 18.5 Å². The minimum absolute atomic E-state index is 0.139. The highest BCUT2D eigenvalue weighted by molar-refractivity contribution is 5.98. The number of hydrogen-bond acceptors (Lipinski definition) is 3. The van der Waals surface area contributed by atoms with E-state index in [0.29, 0.717) is 38.2 Å². The van der Waals surface area contributed by atoms with Gasteiger partial charge in [0.1, 0.15) is 11.5 Å². The molecule has 0 aromatic heterocycles. The Kier molecular flexibility index (Phi) is 4.40. The minimum atomic E-state index is -1.47. The predicted molar refractivity (Wildman–Crippen MR) is 85.1 cm³/mol. The number of alkyl halides is 1. The number of nitrogens with one attached hydrogen (secondary N) is 2. The van der Waals surface area contributed by atoms with Gasteiger partial charge in [0.15, 0.2) is 0 Å². The molecule has 0 spiro atoms. The number of carbonyl (C=O) groups excluding carboxylic acids is 2. The summed E-state index contributed by atoms with van der Waals surface area (Å²) in [5, 5.41) is 5.08. The molecule has 0 radical (unpaired) electrons. The number of benzene rings is 1. The molecule has 130 valence electrons. The maximum absolute atomic E-state index is 14.3. The van der Waals surface area contributed by atoms with Crippen LogP contribution in [0.15, 0.2) is 18.2 Å². The molecule has 1 aliphatic carbocycles. The first kappa shape index (κ1) is 16.6. The second kappa shape index (κ2) is 6.35. The van der Waals surface area contributed by atoms with Gasteiger partial charge in [-0.1, -0.05) is 0 Å². The van der Waals surface area contributed by atoms with Crippen LogP contribution in [0.5, 0.6) is 0 Å². The summed E-state index contributed by atoms with van der Waals surface area (Å²) in [4.78, 5) is 25.3. The lowest BCUT2D eigenvalue weighted by molar-refractivity contribution is 0.0121. The van der Waals surface area contributed by atoms with Crippen LogP contribution in [0.4, 0.5) is 19.3 Å². The van der Waals surface area contributed by atoms with Crippen molar-refractivity contribution in [1.29, 1.82) is 0 Å². The van der Waals surface area contributed by atoms with E-state index in [9.17, 15) is 18.4 Å². The maximum atomic E-state index is 14.3. The number of rotatable bonds is 5. The molecule has 1 aromatic carbocycles. The number of urea groups is 1. The Morgan fingerprint density at radius 1 is 1.46 bits per heavy atom. The van der Waals surface area contributed by atoms with Gasteiger partial charge in [-0.05, 0) is 43.5 Å². The normalized spacial score (nSPS) is 26.0. The fourth-order valence-corrected chi connectivity index (χ4v) is 3.19. The van der Waals surface area contributed by atoms with Crippen LogP contribution in [0, 0.1) is 11.7 Å². The first-order chi connectivity index (χ1) is 11.4. The minimum Gasteiger partial charge on any atom is -0.349 e. The Morgan fingerprint density at radius 3 is 2.83 bits per heavy atom. The van der Waals surface area contributed by atoms with Gasteiger partial charge < -0.3 is 16.4 Å². The molecule has 3 rings (SSSR count). The van der Waals surface area contributed by atoms with E-state index in [0.717, 1.165) is 6.07 Å². The molecule has 1 aliphatic heterocycles. The van der Waals surface area contributed by atoms with Gasteiger partial charge in [0.05, 0.1) is 12.1 Å². The van der Waals surface area contributed by atoms with Crippen molar-refractivity contribution in [1.82, 2.24) is 10.6 Å². The van der Waals surface area contributed by atoms with E-state index in [1.807, 2.05) is 0 Å². The van der Waals surface area contributed by atoms with Crippen LogP contribution in [0.25, 0.3) is 0 Å². The fraction of sp³-hybridized carbons (Fsp3) is 0.500. The van der Waals surface area contributed by atoms with Crippen LogP contribution in [-0.2, 0) is 0 Å². The van der Waals surface area contributed by atoms with Crippen molar-refractivity contribution in [3.63, 3.8) is 0 Å². The number of nitrogens with two attached hydrogens (primary N) is 1. The molecule has 2 aliphatic rings.